The largest absolute Gasteiger partial charge is 0.336 e. The molecular weight excluding hydrogens is 534 g/mol. The number of carbonyl (C=O) groups excluding carboxylic acids is 2. The molecule has 3 aromatic heterocycles. The van der Waals surface area contributed by atoms with Crippen molar-refractivity contribution in [2.75, 3.05) is 31.5 Å². The normalized spacial score (nSPS) is 17.3. The zero-order valence-corrected chi connectivity index (χ0v) is 24.0. The number of aryl methyl sites for hydroxylation is 1. The van der Waals surface area contributed by atoms with Crippen molar-refractivity contribution in [1.82, 2.24) is 29.5 Å². The zero-order valence-electron chi connectivity index (χ0n) is 23.2. The molecule has 1 N–H and O–H groups in total. The van der Waals surface area contributed by atoms with E-state index in [1.54, 1.807) is 6.20 Å². The van der Waals surface area contributed by atoms with Gasteiger partial charge in [-0.3, -0.25) is 19.5 Å². The number of nitrogens with zero attached hydrogens (tertiary/aromatic N) is 6. The first-order valence-corrected chi connectivity index (χ1v) is 15.3. The van der Waals surface area contributed by atoms with Crippen LogP contribution in [0.4, 0.5) is 5.13 Å². The second-order valence-corrected chi connectivity index (χ2v) is 12.1. The van der Waals surface area contributed by atoms with E-state index < -0.39 is 0 Å². The number of benzene rings is 1. The Morgan fingerprint density at radius 2 is 1.78 bits per heavy atom. The van der Waals surface area contributed by atoms with Gasteiger partial charge in [0.15, 0.2) is 5.13 Å². The fourth-order valence-corrected chi connectivity index (χ4v) is 7.60. The van der Waals surface area contributed by atoms with Gasteiger partial charge in [0.1, 0.15) is 0 Å². The minimum Gasteiger partial charge on any atom is -0.336 e. The molecule has 0 unspecified atom stereocenters. The molecule has 1 saturated heterocycles. The van der Waals surface area contributed by atoms with Crippen LogP contribution in [0.3, 0.4) is 0 Å². The molecule has 41 heavy (non-hydrogen) atoms. The quantitative estimate of drug-likeness (QED) is 0.372. The lowest BCUT2D eigenvalue weighted by Gasteiger charge is -2.38. The highest BCUT2D eigenvalue weighted by atomic mass is 32.1. The molecule has 7 rings (SSSR count). The van der Waals surface area contributed by atoms with Gasteiger partial charge in [-0.05, 0) is 62.1 Å². The predicted octanol–water partition coefficient (Wildman–Crippen LogP) is 4.82. The van der Waals surface area contributed by atoms with Crippen molar-refractivity contribution >= 4 is 28.3 Å². The molecule has 0 spiro atoms. The van der Waals surface area contributed by atoms with E-state index in [2.05, 4.69) is 15.2 Å². The van der Waals surface area contributed by atoms with E-state index >= 15 is 0 Å². The summed E-state index contributed by atoms with van der Waals surface area (Å²) in [7, 11) is 0. The van der Waals surface area contributed by atoms with Crippen molar-refractivity contribution in [3.63, 3.8) is 0 Å². The van der Waals surface area contributed by atoms with Crippen LogP contribution in [0.5, 0.6) is 0 Å². The maximum atomic E-state index is 13.4. The Morgan fingerprint density at radius 1 is 1.00 bits per heavy atom. The second-order valence-electron chi connectivity index (χ2n) is 11.1. The molecule has 2 fully saturated rings. The molecule has 4 aromatic rings. The molecule has 1 aliphatic heterocycles. The number of piperazine rings is 1. The number of pyridine rings is 1. The van der Waals surface area contributed by atoms with Gasteiger partial charge < -0.3 is 10.2 Å². The van der Waals surface area contributed by atoms with Crippen LogP contribution in [-0.4, -0.2) is 73.6 Å². The van der Waals surface area contributed by atoms with Crippen LogP contribution in [0.2, 0.25) is 0 Å². The van der Waals surface area contributed by atoms with Crippen molar-refractivity contribution < 1.29 is 9.59 Å². The Balaban J connectivity index is 1.19. The molecule has 9 nitrogen and oxygen atoms in total. The summed E-state index contributed by atoms with van der Waals surface area (Å²) in [6.07, 6.45) is 10.4. The molecule has 0 bridgehead atoms. The van der Waals surface area contributed by atoms with Crippen LogP contribution in [0.1, 0.15) is 54.2 Å². The van der Waals surface area contributed by atoms with Gasteiger partial charge in [-0.25, -0.2) is 9.67 Å². The summed E-state index contributed by atoms with van der Waals surface area (Å²) in [5.41, 5.74) is 6.53. The first-order chi connectivity index (χ1) is 20.0. The smallest absolute Gasteiger partial charge is 0.253 e. The van der Waals surface area contributed by atoms with Crippen LogP contribution < -0.4 is 5.32 Å². The molecule has 0 atom stereocenters. The first-order valence-electron chi connectivity index (χ1n) is 14.5. The highest BCUT2D eigenvalue weighted by molar-refractivity contribution is 7.19. The average Bonchev–Trinajstić information content (AvgIpc) is 3.76. The van der Waals surface area contributed by atoms with E-state index in [1.807, 2.05) is 52.2 Å². The number of carbonyl (C=O) groups is 2. The standard InChI is InChI=1S/C31H33N7O2S/c1-20(39)33-31-34-26-13-12-25-27(22-5-4-14-32-19-22)35-38(28(25)29(26)41-31)24-10-8-21(9-11-24)30(40)37-17-15-36(16-18-37)23-6-2-3-7-23/h4-5,8-11,14,19,23H,2-3,6-7,12-13,15-18H2,1H3,(H,33,34,39). The van der Waals surface area contributed by atoms with E-state index in [1.165, 1.54) is 43.9 Å². The summed E-state index contributed by atoms with van der Waals surface area (Å²) in [5.74, 6) is -0.0491. The number of hydrogen-bond acceptors (Lipinski definition) is 7. The van der Waals surface area contributed by atoms with Gasteiger partial charge in [0, 0.05) is 68.2 Å². The number of rotatable bonds is 5. The van der Waals surface area contributed by atoms with Crippen LogP contribution in [0, 0.1) is 0 Å². The van der Waals surface area contributed by atoms with Crippen LogP contribution in [0.25, 0.3) is 27.5 Å². The Hall–Kier alpha value is -3.89. The Bertz CT molecular complexity index is 1580. The summed E-state index contributed by atoms with van der Waals surface area (Å²) in [6, 6.07) is 12.4. The van der Waals surface area contributed by atoms with Crippen molar-refractivity contribution in [1.29, 1.82) is 0 Å². The Morgan fingerprint density at radius 3 is 2.49 bits per heavy atom. The van der Waals surface area contributed by atoms with E-state index in [0.717, 1.165) is 77.8 Å². The summed E-state index contributed by atoms with van der Waals surface area (Å²) in [5, 5.41) is 8.52. The summed E-state index contributed by atoms with van der Waals surface area (Å²) in [6.45, 7) is 4.98. The minimum atomic E-state index is -0.138. The van der Waals surface area contributed by atoms with E-state index in [-0.39, 0.29) is 11.8 Å². The molecule has 2 aliphatic carbocycles. The minimum absolute atomic E-state index is 0.0888. The van der Waals surface area contributed by atoms with Gasteiger partial charge >= 0.3 is 0 Å². The Kier molecular flexibility index (Phi) is 6.88. The number of hydrogen-bond donors (Lipinski definition) is 1. The van der Waals surface area contributed by atoms with E-state index in [4.69, 9.17) is 10.1 Å². The highest BCUT2D eigenvalue weighted by Crippen LogP contribution is 2.44. The third-order valence-electron chi connectivity index (χ3n) is 8.53. The van der Waals surface area contributed by atoms with Crippen molar-refractivity contribution in [2.45, 2.75) is 51.5 Å². The molecule has 10 heteroatoms. The molecule has 2 amide bonds. The third-order valence-corrected chi connectivity index (χ3v) is 9.55. The topological polar surface area (TPSA) is 96.2 Å². The zero-order chi connectivity index (χ0) is 27.9. The number of amides is 2. The van der Waals surface area contributed by atoms with Gasteiger partial charge in [-0.2, -0.15) is 5.10 Å². The monoisotopic (exact) mass is 567 g/mol. The van der Waals surface area contributed by atoms with Crippen LogP contribution in [-0.2, 0) is 17.6 Å². The van der Waals surface area contributed by atoms with E-state index in [9.17, 15) is 9.59 Å². The van der Waals surface area contributed by atoms with Gasteiger partial charge in [0.2, 0.25) is 5.91 Å². The number of anilines is 1. The molecule has 0 radical (unpaired) electrons. The fourth-order valence-electron chi connectivity index (χ4n) is 6.48. The predicted molar refractivity (Wildman–Crippen MR) is 159 cm³/mol. The van der Waals surface area contributed by atoms with Crippen molar-refractivity contribution in [3.05, 3.63) is 65.6 Å². The Labute approximate surface area is 243 Å². The van der Waals surface area contributed by atoms with Crippen molar-refractivity contribution in [3.8, 4) is 27.5 Å². The lowest BCUT2D eigenvalue weighted by molar-refractivity contribution is -0.114. The first kappa shape index (κ1) is 26.0. The maximum absolute atomic E-state index is 13.4. The summed E-state index contributed by atoms with van der Waals surface area (Å²) in [4.78, 5) is 39.7. The molecule has 3 aliphatic rings. The third kappa shape index (κ3) is 4.95. The number of aromatic nitrogens is 4. The van der Waals surface area contributed by atoms with E-state index in [0.29, 0.717) is 16.7 Å². The van der Waals surface area contributed by atoms with Gasteiger partial charge in [-0.1, -0.05) is 24.2 Å². The summed E-state index contributed by atoms with van der Waals surface area (Å²) >= 11 is 1.48. The number of fused-ring (bicyclic) bond motifs is 3. The summed E-state index contributed by atoms with van der Waals surface area (Å²) < 4.78 is 1.96. The lowest BCUT2D eigenvalue weighted by Crippen LogP contribution is -2.51. The van der Waals surface area contributed by atoms with Crippen LogP contribution >= 0.6 is 11.3 Å². The number of thiazole rings is 1. The second kappa shape index (κ2) is 10.8. The van der Waals surface area contributed by atoms with Crippen molar-refractivity contribution in [2.24, 2.45) is 0 Å². The number of nitrogens with one attached hydrogen (secondary N) is 1. The fraction of sp³-hybridized carbons (Fsp3) is 0.387. The average molecular weight is 568 g/mol. The highest BCUT2D eigenvalue weighted by Gasteiger charge is 2.31. The molecule has 210 valence electrons. The molecular formula is C31H33N7O2S. The van der Waals surface area contributed by atoms with Crippen LogP contribution in [0.15, 0.2) is 48.8 Å². The maximum Gasteiger partial charge on any atom is 0.253 e. The lowest BCUT2D eigenvalue weighted by atomic mass is 9.95. The molecule has 1 aromatic carbocycles. The van der Waals surface area contributed by atoms with Gasteiger partial charge in [0.25, 0.3) is 5.91 Å². The molecule has 4 heterocycles. The molecule has 1 saturated carbocycles. The van der Waals surface area contributed by atoms with Gasteiger partial charge in [0.05, 0.1) is 27.6 Å². The SMILES string of the molecule is CC(=O)Nc1nc2c(s1)-c1c(c(-c3cccnc3)nn1-c1ccc(C(=O)N3CCN(C4CCCC4)CC3)cc1)CC2. The van der Waals surface area contributed by atoms with Gasteiger partial charge in [-0.15, -0.1) is 0 Å².